The molecule has 0 radical (unpaired) electrons. The number of aromatic nitrogens is 5. The lowest BCUT2D eigenvalue weighted by molar-refractivity contribution is -0.120. The third-order valence-corrected chi connectivity index (χ3v) is 4.57. The van der Waals surface area contributed by atoms with Gasteiger partial charge in [0.15, 0.2) is 5.82 Å². The molecule has 0 aliphatic carbocycles. The Hall–Kier alpha value is -3.68. The van der Waals surface area contributed by atoms with Crippen LogP contribution in [0.2, 0.25) is 0 Å². The van der Waals surface area contributed by atoms with Crippen LogP contribution in [0, 0.1) is 0 Å². The monoisotopic (exact) mass is 376 g/mol. The Morgan fingerprint density at radius 2 is 2.00 bits per heavy atom. The largest absolute Gasteiger partial charge is 0.354 e. The maximum absolute atomic E-state index is 12.4. The molecule has 0 atom stereocenters. The highest BCUT2D eigenvalue weighted by molar-refractivity contribution is 5.89. The minimum atomic E-state index is -0.223. The first kappa shape index (κ1) is 17.7. The van der Waals surface area contributed by atoms with Gasteiger partial charge in [-0.05, 0) is 23.8 Å². The quantitative estimate of drug-likeness (QED) is 0.549. The fourth-order valence-corrected chi connectivity index (χ4v) is 3.23. The summed E-state index contributed by atoms with van der Waals surface area (Å²) in [6.45, 7) is 0.605. The molecule has 0 aliphatic heterocycles. The number of para-hydroxylation sites is 1. The number of aryl methyl sites for hydroxylation is 1. The highest BCUT2D eigenvalue weighted by Gasteiger charge is 2.10. The summed E-state index contributed by atoms with van der Waals surface area (Å²) in [5.74, 6) is 0.458. The number of hydrogen-bond donors (Lipinski definition) is 1. The van der Waals surface area contributed by atoms with Crippen molar-refractivity contribution in [1.82, 2.24) is 29.4 Å². The van der Waals surface area contributed by atoms with Crippen molar-refractivity contribution in [2.24, 2.45) is 7.05 Å². The molecule has 4 rings (SSSR count). The summed E-state index contributed by atoms with van der Waals surface area (Å²) in [4.78, 5) is 24.4. The highest BCUT2D eigenvalue weighted by Crippen LogP contribution is 2.20. The average molecular weight is 376 g/mol. The Morgan fingerprint density at radius 3 is 2.82 bits per heavy atom. The topological polar surface area (TPSA) is 86.7 Å². The summed E-state index contributed by atoms with van der Waals surface area (Å²) >= 11 is 0. The predicted molar refractivity (Wildman–Crippen MR) is 105 cm³/mol. The molecule has 1 N–H and O–H groups in total. The lowest BCUT2D eigenvalue weighted by Crippen LogP contribution is -2.33. The molecule has 8 nitrogen and oxygen atoms in total. The minimum absolute atomic E-state index is 0.0902. The first-order valence-corrected chi connectivity index (χ1v) is 8.99. The fourth-order valence-electron chi connectivity index (χ4n) is 3.23. The van der Waals surface area contributed by atoms with Crippen LogP contribution in [-0.4, -0.2) is 36.6 Å². The molecule has 0 fully saturated rings. The SMILES string of the molecule is Cn1cc(CC(=O)NCCn2nc(-n3cccn3)ccc2=O)c2ccccc21. The van der Waals surface area contributed by atoms with Gasteiger partial charge in [-0.15, -0.1) is 5.10 Å². The van der Waals surface area contributed by atoms with Crippen LogP contribution in [0.25, 0.3) is 16.7 Å². The van der Waals surface area contributed by atoms with E-state index >= 15 is 0 Å². The number of amides is 1. The molecular weight excluding hydrogens is 356 g/mol. The summed E-state index contributed by atoms with van der Waals surface area (Å²) in [6.07, 6.45) is 5.66. The molecule has 0 bridgehead atoms. The number of nitrogens with one attached hydrogen (secondary N) is 1. The molecule has 28 heavy (non-hydrogen) atoms. The molecule has 0 saturated heterocycles. The van der Waals surface area contributed by atoms with Gasteiger partial charge in [-0.1, -0.05) is 18.2 Å². The van der Waals surface area contributed by atoms with Gasteiger partial charge < -0.3 is 9.88 Å². The molecule has 1 aromatic carbocycles. The van der Waals surface area contributed by atoms with Crippen LogP contribution in [0.3, 0.4) is 0 Å². The van der Waals surface area contributed by atoms with Crippen molar-refractivity contribution in [2.75, 3.05) is 6.54 Å². The van der Waals surface area contributed by atoms with Crippen LogP contribution in [0.1, 0.15) is 5.56 Å². The molecule has 4 aromatic rings. The van der Waals surface area contributed by atoms with Crippen molar-refractivity contribution in [3.05, 3.63) is 77.0 Å². The van der Waals surface area contributed by atoms with Crippen LogP contribution in [0.4, 0.5) is 0 Å². The third-order valence-electron chi connectivity index (χ3n) is 4.57. The Kier molecular flexibility index (Phi) is 4.76. The average Bonchev–Trinajstić information content (AvgIpc) is 3.33. The van der Waals surface area contributed by atoms with E-state index in [1.165, 1.54) is 10.7 Å². The van der Waals surface area contributed by atoms with Crippen LogP contribution >= 0.6 is 0 Å². The molecule has 0 aliphatic rings. The summed E-state index contributed by atoms with van der Waals surface area (Å²) in [6, 6.07) is 12.8. The molecule has 0 saturated carbocycles. The zero-order valence-corrected chi connectivity index (χ0v) is 15.4. The Morgan fingerprint density at radius 1 is 1.14 bits per heavy atom. The van der Waals surface area contributed by atoms with Gasteiger partial charge in [0, 0.05) is 49.2 Å². The fraction of sp³-hybridized carbons (Fsp3) is 0.200. The van der Waals surface area contributed by atoms with E-state index < -0.39 is 0 Å². The molecule has 3 heterocycles. The van der Waals surface area contributed by atoms with E-state index in [1.807, 2.05) is 42.1 Å². The summed E-state index contributed by atoms with van der Waals surface area (Å²) in [5.41, 5.74) is 1.85. The van der Waals surface area contributed by atoms with Crippen molar-refractivity contribution in [2.45, 2.75) is 13.0 Å². The lowest BCUT2D eigenvalue weighted by atomic mass is 10.1. The Labute approximate surface area is 161 Å². The second-order valence-corrected chi connectivity index (χ2v) is 6.51. The van der Waals surface area contributed by atoms with E-state index in [4.69, 9.17) is 0 Å². The van der Waals surface area contributed by atoms with Crippen molar-refractivity contribution >= 4 is 16.8 Å². The maximum atomic E-state index is 12.4. The molecule has 8 heteroatoms. The molecule has 0 spiro atoms. The first-order chi connectivity index (χ1) is 13.6. The van der Waals surface area contributed by atoms with Crippen LogP contribution in [0.15, 0.2) is 65.8 Å². The number of nitrogens with zero attached hydrogens (tertiary/aromatic N) is 5. The number of hydrogen-bond acceptors (Lipinski definition) is 4. The predicted octanol–water partition coefficient (Wildman–Crippen LogP) is 1.28. The van der Waals surface area contributed by atoms with Gasteiger partial charge in [-0.3, -0.25) is 9.59 Å². The van der Waals surface area contributed by atoms with Crippen LogP contribution in [0.5, 0.6) is 0 Å². The van der Waals surface area contributed by atoms with E-state index in [-0.39, 0.29) is 24.4 Å². The minimum Gasteiger partial charge on any atom is -0.354 e. The van der Waals surface area contributed by atoms with Gasteiger partial charge in [0.1, 0.15) is 0 Å². The normalized spacial score (nSPS) is 11.0. The standard InChI is InChI=1S/C20H20N6O2/c1-24-14-15(16-5-2-3-6-17(16)24)13-19(27)21-10-12-26-20(28)8-7-18(23-26)25-11-4-9-22-25/h2-9,11,14H,10,12-13H2,1H3,(H,21,27). The Balaban J connectivity index is 1.39. The number of carbonyl (C=O) groups excluding carboxylic acids is 1. The van der Waals surface area contributed by atoms with Crippen molar-refractivity contribution in [1.29, 1.82) is 0 Å². The number of rotatable bonds is 6. The molecule has 1 amide bonds. The zero-order valence-electron chi connectivity index (χ0n) is 15.4. The lowest BCUT2D eigenvalue weighted by Gasteiger charge is -2.08. The number of benzene rings is 1. The summed E-state index contributed by atoms with van der Waals surface area (Å²) in [5, 5.41) is 12.3. The van der Waals surface area contributed by atoms with E-state index in [9.17, 15) is 9.59 Å². The van der Waals surface area contributed by atoms with E-state index in [0.29, 0.717) is 12.4 Å². The highest BCUT2D eigenvalue weighted by atomic mass is 16.1. The third kappa shape index (κ3) is 3.57. The van der Waals surface area contributed by atoms with Crippen LogP contribution < -0.4 is 10.9 Å². The van der Waals surface area contributed by atoms with Gasteiger partial charge in [0.25, 0.3) is 5.56 Å². The smallest absolute Gasteiger partial charge is 0.266 e. The summed E-state index contributed by atoms with van der Waals surface area (Å²) in [7, 11) is 1.97. The summed E-state index contributed by atoms with van der Waals surface area (Å²) < 4.78 is 4.92. The van der Waals surface area contributed by atoms with Gasteiger partial charge >= 0.3 is 0 Å². The van der Waals surface area contributed by atoms with Gasteiger partial charge in [0.2, 0.25) is 5.91 Å². The van der Waals surface area contributed by atoms with E-state index in [1.54, 1.807) is 29.2 Å². The Bertz CT molecular complexity index is 1170. The second kappa shape index (κ2) is 7.51. The van der Waals surface area contributed by atoms with Crippen molar-refractivity contribution in [3.8, 4) is 5.82 Å². The molecule has 3 aromatic heterocycles. The second-order valence-electron chi connectivity index (χ2n) is 6.51. The van der Waals surface area contributed by atoms with E-state index in [0.717, 1.165) is 16.5 Å². The zero-order chi connectivity index (χ0) is 19.5. The molecule has 0 unspecified atom stereocenters. The first-order valence-electron chi connectivity index (χ1n) is 8.99. The molecule has 142 valence electrons. The number of carbonyl (C=O) groups is 1. The van der Waals surface area contributed by atoms with Crippen molar-refractivity contribution < 1.29 is 4.79 Å². The van der Waals surface area contributed by atoms with Crippen molar-refractivity contribution in [3.63, 3.8) is 0 Å². The van der Waals surface area contributed by atoms with Gasteiger partial charge in [0.05, 0.1) is 13.0 Å². The van der Waals surface area contributed by atoms with Gasteiger partial charge in [-0.2, -0.15) is 5.10 Å². The van der Waals surface area contributed by atoms with E-state index in [2.05, 4.69) is 15.5 Å². The van der Waals surface area contributed by atoms with Gasteiger partial charge in [-0.25, -0.2) is 9.36 Å². The number of fused-ring (bicyclic) bond motifs is 1. The maximum Gasteiger partial charge on any atom is 0.266 e. The molecular formula is C20H20N6O2. The van der Waals surface area contributed by atoms with Crippen LogP contribution in [-0.2, 0) is 24.8 Å².